The number of nitrogens with zero attached hydrogens (tertiary/aromatic N) is 5. The molecule has 1 N–H and O–H groups in total. The van der Waals surface area contributed by atoms with Crippen LogP contribution in [0.1, 0.15) is 28.3 Å². The molecule has 4 heterocycles. The zero-order chi connectivity index (χ0) is 22.2. The SMILES string of the molecule is Cc1ccccc1C1CN(C)CC1N(C)C(=O)N1CCc2[nH]nc(-c3ccncc3)c2C1. The number of aryl methyl sites for hydroxylation is 1. The molecular formula is C25H30N6O. The largest absolute Gasteiger partial charge is 0.323 e. The van der Waals surface area contributed by atoms with E-state index in [0.29, 0.717) is 19.0 Å². The highest BCUT2D eigenvalue weighted by Gasteiger charge is 2.39. The molecule has 32 heavy (non-hydrogen) atoms. The second-order valence-corrected chi connectivity index (χ2v) is 9.08. The molecule has 2 atom stereocenters. The number of benzene rings is 1. The van der Waals surface area contributed by atoms with Crippen LogP contribution in [0.25, 0.3) is 11.3 Å². The number of pyridine rings is 1. The summed E-state index contributed by atoms with van der Waals surface area (Å²) in [6.45, 7) is 5.29. The highest BCUT2D eigenvalue weighted by molar-refractivity contribution is 5.76. The molecule has 0 aliphatic carbocycles. The number of rotatable bonds is 3. The Bertz CT molecular complexity index is 1110. The van der Waals surface area contributed by atoms with Crippen LogP contribution in [0.5, 0.6) is 0 Å². The van der Waals surface area contributed by atoms with E-state index < -0.39 is 0 Å². The number of aromatic amines is 1. The molecule has 5 rings (SSSR count). The summed E-state index contributed by atoms with van der Waals surface area (Å²) in [7, 11) is 4.11. The molecule has 1 saturated heterocycles. The first-order valence-corrected chi connectivity index (χ1v) is 11.2. The van der Waals surface area contributed by atoms with E-state index in [2.05, 4.69) is 58.3 Å². The summed E-state index contributed by atoms with van der Waals surface area (Å²) in [5.74, 6) is 0.316. The van der Waals surface area contributed by atoms with Crippen molar-refractivity contribution in [3.63, 3.8) is 0 Å². The summed E-state index contributed by atoms with van der Waals surface area (Å²) in [5, 5.41) is 7.72. The molecule has 1 aromatic carbocycles. The summed E-state index contributed by atoms with van der Waals surface area (Å²) < 4.78 is 0. The van der Waals surface area contributed by atoms with E-state index in [1.54, 1.807) is 12.4 Å². The first kappa shape index (κ1) is 20.7. The van der Waals surface area contributed by atoms with E-state index in [1.165, 1.54) is 11.1 Å². The molecule has 0 saturated carbocycles. The summed E-state index contributed by atoms with van der Waals surface area (Å²) in [5.41, 5.74) is 6.82. The van der Waals surface area contributed by atoms with Gasteiger partial charge in [0.1, 0.15) is 0 Å². The molecule has 0 radical (unpaired) electrons. The highest BCUT2D eigenvalue weighted by Crippen LogP contribution is 2.33. The number of aromatic nitrogens is 3. The smallest absolute Gasteiger partial charge is 0.320 e. The van der Waals surface area contributed by atoms with Crippen molar-refractivity contribution >= 4 is 6.03 Å². The first-order chi connectivity index (χ1) is 15.5. The maximum absolute atomic E-state index is 13.6. The third-order valence-electron chi connectivity index (χ3n) is 7.02. The number of fused-ring (bicyclic) bond motifs is 1. The van der Waals surface area contributed by atoms with Gasteiger partial charge in [-0.3, -0.25) is 10.1 Å². The normalized spacial score (nSPS) is 20.9. The fourth-order valence-corrected chi connectivity index (χ4v) is 5.25. The topological polar surface area (TPSA) is 68.4 Å². The Balaban J connectivity index is 1.37. The Morgan fingerprint density at radius 3 is 2.72 bits per heavy atom. The molecular weight excluding hydrogens is 400 g/mol. The van der Waals surface area contributed by atoms with Gasteiger partial charge in [-0.05, 0) is 37.2 Å². The second kappa shape index (κ2) is 8.39. The van der Waals surface area contributed by atoms with E-state index in [1.807, 2.05) is 29.0 Å². The van der Waals surface area contributed by atoms with Crippen LogP contribution in [0, 0.1) is 6.92 Å². The third-order valence-corrected chi connectivity index (χ3v) is 7.02. The van der Waals surface area contributed by atoms with Crippen molar-refractivity contribution in [3.8, 4) is 11.3 Å². The molecule has 2 amide bonds. The van der Waals surface area contributed by atoms with Crippen molar-refractivity contribution < 1.29 is 4.79 Å². The Labute approximate surface area is 189 Å². The number of likely N-dealkylation sites (tertiary alicyclic amines) is 1. The number of likely N-dealkylation sites (N-methyl/N-ethyl adjacent to an activating group) is 2. The molecule has 3 aromatic rings. The van der Waals surface area contributed by atoms with Crippen molar-refractivity contribution in [2.75, 3.05) is 33.7 Å². The fraction of sp³-hybridized carbons (Fsp3) is 0.400. The Morgan fingerprint density at radius 1 is 1.16 bits per heavy atom. The van der Waals surface area contributed by atoms with E-state index in [0.717, 1.165) is 42.0 Å². The molecule has 2 unspecified atom stereocenters. The van der Waals surface area contributed by atoms with E-state index in [9.17, 15) is 4.79 Å². The minimum atomic E-state index is 0.0939. The Kier molecular flexibility index (Phi) is 5.43. The lowest BCUT2D eigenvalue weighted by atomic mass is 9.90. The Morgan fingerprint density at radius 2 is 1.94 bits per heavy atom. The number of hydrogen-bond acceptors (Lipinski definition) is 4. The minimum absolute atomic E-state index is 0.0939. The van der Waals surface area contributed by atoms with Crippen LogP contribution in [-0.4, -0.2) is 75.7 Å². The van der Waals surface area contributed by atoms with Crippen molar-refractivity contribution in [3.05, 3.63) is 71.2 Å². The predicted octanol–water partition coefficient (Wildman–Crippen LogP) is 3.29. The molecule has 0 bridgehead atoms. The van der Waals surface area contributed by atoms with E-state index in [-0.39, 0.29) is 12.1 Å². The summed E-state index contributed by atoms with van der Waals surface area (Å²) in [6, 6.07) is 12.7. The van der Waals surface area contributed by atoms with Gasteiger partial charge in [-0.25, -0.2) is 4.79 Å². The van der Waals surface area contributed by atoms with Crippen LogP contribution in [-0.2, 0) is 13.0 Å². The highest BCUT2D eigenvalue weighted by atomic mass is 16.2. The molecule has 166 valence electrons. The van der Waals surface area contributed by atoms with E-state index in [4.69, 9.17) is 0 Å². The van der Waals surface area contributed by atoms with Crippen molar-refractivity contribution in [1.82, 2.24) is 29.9 Å². The van der Waals surface area contributed by atoms with Gasteiger partial charge in [-0.2, -0.15) is 5.10 Å². The van der Waals surface area contributed by atoms with Crippen molar-refractivity contribution in [1.29, 1.82) is 0 Å². The number of carbonyl (C=O) groups is 1. The van der Waals surface area contributed by atoms with Gasteiger partial charge >= 0.3 is 6.03 Å². The molecule has 2 aliphatic heterocycles. The lowest BCUT2D eigenvalue weighted by molar-refractivity contribution is 0.139. The third kappa shape index (κ3) is 3.66. The number of urea groups is 1. The van der Waals surface area contributed by atoms with Crippen molar-refractivity contribution in [2.45, 2.75) is 31.8 Å². The van der Waals surface area contributed by atoms with Crippen LogP contribution in [0.2, 0.25) is 0 Å². The molecule has 7 heteroatoms. The van der Waals surface area contributed by atoms with Gasteiger partial charge in [0.2, 0.25) is 0 Å². The summed E-state index contributed by atoms with van der Waals surface area (Å²) in [6.07, 6.45) is 4.34. The summed E-state index contributed by atoms with van der Waals surface area (Å²) in [4.78, 5) is 24.0. The van der Waals surface area contributed by atoms with Crippen LogP contribution >= 0.6 is 0 Å². The van der Waals surface area contributed by atoms with Gasteiger partial charge in [0, 0.05) is 68.2 Å². The fourth-order valence-electron chi connectivity index (χ4n) is 5.25. The van der Waals surface area contributed by atoms with Gasteiger partial charge in [0.25, 0.3) is 0 Å². The maximum atomic E-state index is 13.6. The van der Waals surface area contributed by atoms with Crippen LogP contribution in [0.15, 0.2) is 48.8 Å². The van der Waals surface area contributed by atoms with Crippen molar-refractivity contribution in [2.24, 2.45) is 0 Å². The monoisotopic (exact) mass is 430 g/mol. The number of carbonyl (C=O) groups excluding carboxylic acids is 1. The lowest BCUT2D eigenvalue weighted by Crippen LogP contribution is -2.49. The number of amides is 2. The molecule has 0 spiro atoms. The molecule has 7 nitrogen and oxygen atoms in total. The summed E-state index contributed by atoms with van der Waals surface area (Å²) >= 11 is 0. The van der Waals surface area contributed by atoms with E-state index >= 15 is 0 Å². The standard InChI is InChI=1S/C25H30N6O/c1-17-6-4-5-7-19(17)20-14-29(2)16-23(20)30(3)25(32)31-13-10-22-21(15-31)24(28-27-22)18-8-11-26-12-9-18/h4-9,11-12,20,23H,10,13-16H2,1-3H3,(H,27,28). The Hall–Kier alpha value is -3.19. The molecule has 2 aliphatic rings. The maximum Gasteiger partial charge on any atom is 0.320 e. The van der Waals surface area contributed by atoms with Gasteiger partial charge in [0.15, 0.2) is 0 Å². The lowest BCUT2D eigenvalue weighted by Gasteiger charge is -2.36. The van der Waals surface area contributed by atoms with Gasteiger partial charge in [0.05, 0.1) is 18.3 Å². The number of nitrogens with one attached hydrogen (secondary N) is 1. The number of hydrogen-bond donors (Lipinski definition) is 1. The van der Waals surface area contributed by atoms with Crippen LogP contribution < -0.4 is 0 Å². The van der Waals surface area contributed by atoms with Gasteiger partial charge in [-0.15, -0.1) is 0 Å². The first-order valence-electron chi connectivity index (χ1n) is 11.2. The quantitative estimate of drug-likeness (QED) is 0.692. The van der Waals surface area contributed by atoms with Crippen LogP contribution in [0.4, 0.5) is 4.79 Å². The van der Waals surface area contributed by atoms with Gasteiger partial charge in [-0.1, -0.05) is 24.3 Å². The zero-order valence-electron chi connectivity index (χ0n) is 19.0. The van der Waals surface area contributed by atoms with Gasteiger partial charge < -0.3 is 14.7 Å². The number of H-pyrrole nitrogens is 1. The second-order valence-electron chi connectivity index (χ2n) is 9.08. The predicted molar refractivity (Wildman–Crippen MR) is 124 cm³/mol. The molecule has 2 aromatic heterocycles. The zero-order valence-corrected chi connectivity index (χ0v) is 19.0. The van der Waals surface area contributed by atoms with Crippen LogP contribution in [0.3, 0.4) is 0 Å². The average molecular weight is 431 g/mol. The average Bonchev–Trinajstić information content (AvgIpc) is 3.42. The minimum Gasteiger partial charge on any atom is -0.323 e. The molecule has 1 fully saturated rings.